The van der Waals surface area contributed by atoms with E-state index in [4.69, 9.17) is 19.7 Å². The molecule has 0 unspecified atom stereocenters. The second-order valence-corrected chi connectivity index (χ2v) is 7.44. The average Bonchev–Trinajstić information content (AvgIpc) is 3.34. The number of fused-ring (bicyclic) bond motifs is 3. The molecule has 1 aliphatic carbocycles. The summed E-state index contributed by atoms with van der Waals surface area (Å²) in [5.41, 5.74) is 6.54. The molecule has 0 aliphatic heterocycles. The molecule has 0 atom stereocenters. The average molecular weight is 531 g/mol. The minimum Gasteiger partial charge on any atom is -0.468 e. The highest BCUT2D eigenvalue weighted by molar-refractivity contribution is 5.86. The first kappa shape index (κ1) is 33.4. The molecule has 0 fully saturated rings. The Morgan fingerprint density at radius 2 is 0.769 bits per heavy atom. The summed E-state index contributed by atoms with van der Waals surface area (Å²) in [5.74, 6) is 1.24. The van der Waals surface area contributed by atoms with Gasteiger partial charge in [-0.15, -0.1) is 0 Å². The van der Waals surface area contributed by atoms with Crippen molar-refractivity contribution in [2.75, 3.05) is 13.6 Å². The molecule has 0 amide bonds. The fourth-order valence-electron chi connectivity index (χ4n) is 4.78. The van der Waals surface area contributed by atoms with Crippen molar-refractivity contribution >= 4 is 0 Å². The van der Waals surface area contributed by atoms with E-state index in [1.54, 1.807) is 0 Å². The van der Waals surface area contributed by atoms with Crippen LogP contribution in [0.5, 0.6) is 11.5 Å². The molecule has 0 saturated carbocycles. The van der Waals surface area contributed by atoms with Crippen LogP contribution in [0.25, 0.3) is 11.1 Å². The van der Waals surface area contributed by atoms with E-state index < -0.39 is 5.41 Å². The molecule has 1 aliphatic rings. The van der Waals surface area contributed by atoms with Gasteiger partial charge in [0.25, 0.3) is 0 Å². The number of aliphatic hydroxyl groups is 2. The molecule has 0 radical (unpaired) electrons. The highest BCUT2D eigenvalue weighted by Gasteiger charge is 2.45. The Morgan fingerprint density at radius 1 is 0.462 bits per heavy atom. The maximum absolute atomic E-state index is 9.11. The van der Waals surface area contributed by atoms with E-state index in [0.717, 1.165) is 11.1 Å². The van der Waals surface area contributed by atoms with Gasteiger partial charge in [-0.3, -0.25) is 0 Å². The molecule has 4 aromatic carbocycles. The number of rotatable bonds is 6. The van der Waals surface area contributed by atoms with Gasteiger partial charge < -0.3 is 19.7 Å². The van der Waals surface area contributed by atoms with Gasteiger partial charge in [-0.2, -0.15) is 0 Å². The van der Waals surface area contributed by atoms with E-state index in [2.05, 4.69) is 72.8 Å². The zero-order chi connectivity index (χ0) is 29.3. The van der Waals surface area contributed by atoms with Crippen molar-refractivity contribution in [3.05, 3.63) is 119 Å². The summed E-state index contributed by atoms with van der Waals surface area (Å²) in [6.45, 7) is 15.3. The van der Waals surface area contributed by atoms with Gasteiger partial charge in [-0.25, -0.2) is 0 Å². The molecule has 39 heavy (non-hydrogen) atoms. The predicted molar refractivity (Wildman–Crippen MR) is 165 cm³/mol. The Balaban J connectivity index is 0.000000874. The van der Waals surface area contributed by atoms with E-state index in [9.17, 15) is 0 Å². The second-order valence-electron chi connectivity index (χ2n) is 7.44. The third-order valence-electron chi connectivity index (χ3n) is 5.99. The fraction of sp³-hybridized carbons (Fsp3) is 0.314. The number of aliphatic hydroxyl groups excluding tert-OH is 2. The van der Waals surface area contributed by atoms with Crippen molar-refractivity contribution in [3.8, 4) is 22.6 Å². The quantitative estimate of drug-likeness (QED) is 0.215. The minimum absolute atomic E-state index is 0.359. The van der Waals surface area contributed by atoms with Gasteiger partial charge in [0.2, 0.25) is 0 Å². The zero-order valence-electron chi connectivity index (χ0n) is 24.9. The van der Waals surface area contributed by atoms with Crippen LogP contribution in [0.4, 0.5) is 0 Å². The van der Waals surface area contributed by atoms with Crippen LogP contribution >= 0.6 is 0 Å². The highest BCUT2D eigenvalue weighted by atomic mass is 16.6. The first-order valence-electron chi connectivity index (χ1n) is 14.2. The smallest absolute Gasteiger partial charge is 0.186 e. The topological polar surface area (TPSA) is 58.9 Å². The Hall–Kier alpha value is -3.60. The van der Waals surface area contributed by atoms with Crippen LogP contribution < -0.4 is 9.47 Å². The SMILES string of the molecule is CC.CC.CC.CC.OCOc1ccc(C2(c3ccc(OCO)cc3)c3ccccc3-c3ccccc32)cc1. The van der Waals surface area contributed by atoms with E-state index >= 15 is 0 Å². The van der Waals surface area contributed by atoms with Gasteiger partial charge in [0.15, 0.2) is 13.6 Å². The van der Waals surface area contributed by atoms with Gasteiger partial charge in [0.1, 0.15) is 11.5 Å². The number of hydrogen-bond acceptors (Lipinski definition) is 4. The Kier molecular flexibility index (Phi) is 15.3. The van der Waals surface area contributed by atoms with Crippen molar-refractivity contribution in [1.29, 1.82) is 0 Å². The standard InChI is InChI=1S/C27H22O4.4C2H6/c28-17-30-21-13-9-19(10-14-21)27(20-11-15-22(16-12-20)31-18-29)25-7-3-1-5-23(25)24-6-2-4-8-26(24)27;4*1-2/h1-16,28-29H,17-18H2;4*1-2H3. The summed E-state index contributed by atoms with van der Waals surface area (Å²) in [6, 6.07) is 32.8. The van der Waals surface area contributed by atoms with Crippen LogP contribution in [-0.2, 0) is 5.41 Å². The zero-order valence-corrected chi connectivity index (χ0v) is 24.9. The summed E-state index contributed by atoms with van der Waals surface area (Å²) in [5, 5.41) is 18.2. The summed E-state index contributed by atoms with van der Waals surface area (Å²) >= 11 is 0. The maximum Gasteiger partial charge on any atom is 0.186 e. The molecule has 2 N–H and O–H groups in total. The van der Waals surface area contributed by atoms with Gasteiger partial charge >= 0.3 is 0 Å². The largest absolute Gasteiger partial charge is 0.468 e. The van der Waals surface area contributed by atoms with Crippen molar-refractivity contribution in [1.82, 2.24) is 0 Å². The third kappa shape index (κ3) is 6.89. The van der Waals surface area contributed by atoms with E-state index in [1.807, 2.05) is 79.7 Å². The molecule has 4 aromatic rings. The lowest BCUT2D eigenvalue weighted by Gasteiger charge is -2.34. The van der Waals surface area contributed by atoms with Crippen LogP contribution in [0, 0.1) is 0 Å². The predicted octanol–water partition coefficient (Wildman–Crippen LogP) is 8.81. The minimum atomic E-state index is -0.511. The number of hydrogen-bond donors (Lipinski definition) is 2. The fourth-order valence-corrected chi connectivity index (χ4v) is 4.78. The van der Waals surface area contributed by atoms with Crippen molar-refractivity contribution in [2.45, 2.75) is 60.8 Å². The van der Waals surface area contributed by atoms with Gasteiger partial charge in [0, 0.05) is 0 Å². The van der Waals surface area contributed by atoms with Crippen LogP contribution in [0.3, 0.4) is 0 Å². The molecular formula is C35H46O4. The first-order valence-corrected chi connectivity index (χ1v) is 14.2. The highest BCUT2D eigenvalue weighted by Crippen LogP contribution is 2.56. The Labute approximate surface area is 235 Å². The third-order valence-corrected chi connectivity index (χ3v) is 5.99. The van der Waals surface area contributed by atoms with E-state index in [0.29, 0.717) is 11.5 Å². The lowest BCUT2D eigenvalue weighted by molar-refractivity contribution is 0.0981. The Bertz CT molecular complexity index is 1100. The van der Waals surface area contributed by atoms with Gasteiger partial charge in [0.05, 0.1) is 5.41 Å². The summed E-state index contributed by atoms with van der Waals surface area (Å²) < 4.78 is 10.5. The molecule has 4 nitrogen and oxygen atoms in total. The van der Waals surface area contributed by atoms with Crippen LogP contribution in [0.1, 0.15) is 77.6 Å². The summed E-state index contributed by atoms with van der Waals surface area (Å²) in [7, 11) is 0. The lowest BCUT2D eigenvalue weighted by Crippen LogP contribution is -2.28. The number of ether oxygens (including phenoxy) is 2. The van der Waals surface area contributed by atoms with Crippen molar-refractivity contribution in [3.63, 3.8) is 0 Å². The van der Waals surface area contributed by atoms with E-state index in [-0.39, 0.29) is 13.6 Å². The molecule has 0 heterocycles. The van der Waals surface area contributed by atoms with Crippen molar-refractivity contribution < 1.29 is 19.7 Å². The monoisotopic (exact) mass is 530 g/mol. The molecule has 0 saturated heterocycles. The molecule has 4 heteroatoms. The van der Waals surface area contributed by atoms with Crippen LogP contribution in [-0.4, -0.2) is 23.8 Å². The number of benzene rings is 4. The molecule has 5 rings (SSSR count). The van der Waals surface area contributed by atoms with Crippen LogP contribution in [0.15, 0.2) is 97.1 Å². The van der Waals surface area contributed by atoms with Crippen molar-refractivity contribution in [2.24, 2.45) is 0 Å². The van der Waals surface area contributed by atoms with Gasteiger partial charge in [-0.05, 0) is 57.6 Å². The van der Waals surface area contributed by atoms with Crippen LogP contribution in [0.2, 0.25) is 0 Å². The molecule has 0 bridgehead atoms. The first-order chi connectivity index (χ1) is 19.3. The molecular weight excluding hydrogens is 484 g/mol. The van der Waals surface area contributed by atoms with Gasteiger partial charge in [-0.1, -0.05) is 128 Å². The molecule has 0 aromatic heterocycles. The summed E-state index contributed by atoms with van der Waals surface area (Å²) in [6.07, 6.45) is 0. The Morgan fingerprint density at radius 3 is 1.08 bits per heavy atom. The summed E-state index contributed by atoms with van der Waals surface area (Å²) in [4.78, 5) is 0. The second kappa shape index (κ2) is 17.8. The normalized spacial score (nSPS) is 11.2. The molecule has 210 valence electrons. The maximum atomic E-state index is 9.11. The lowest BCUT2D eigenvalue weighted by atomic mass is 9.68. The molecule has 0 spiro atoms. The van der Waals surface area contributed by atoms with E-state index in [1.165, 1.54) is 22.3 Å².